The van der Waals surface area contributed by atoms with Crippen LogP contribution in [0.5, 0.6) is 0 Å². The molecule has 2 saturated heterocycles. The van der Waals surface area contributed by atoms with Gasteiger partial charge in [0.1, 0.15) is 0 Å². The molecule has 0 aromatic rings. The summed E-state index contributed by atoms with van der Waals surface area (Å²) < 4.78 is 24.9. The van der Waals surface area contributed by atoms with E-state index in [-0.39, 0.29) is 30.4 Å². The third kappa shape index (κ3) is 5.77. The average molecular weight is 344 g/mol. The normalized spacial score (nSPS) is 27.1. The van der Waals surface area contributed by atoms with Crippen molar-refractivity contribution in [2.45, 2.75) is 24.9 Å². The number of carbonyl (C=O) groups is 1. The van der Waals surface area contributed by atoms with Crippen LogP contribution in [0.2, 0.25) is 0 Å². The number of nitrogens with one attached hydrogen (secondary N) is 2. The van der Waals surface area contributed by atoms with E-state index in [1.165, 1.54) is 0 Å². The van der Waals surface area contributed by atoms with E-state index in [1.807, 2.05) is 11.8 Å². The summed E-state index contributed by atoms with van der Waals surface area (Å²) in [5.41, 5.74) is 0. The van der Waals surface area contributed by atoms with Gasteiger partial charge in [-0.3, -0.25) is 4.79 Å². The molecule has 0 aliphatic carbocycles. The van der Waals surface area contributed by atoms with Gasteiger partial charge in [0.05, 0.1) is 6.26 Å². The molecule has 6 nitrogen and oxygen atoms in total. The second-order valence-corrected chi connectivity index (χ2v) is 8.08. The Morgan fingerprint density at radius 1 is 1.50 bits per heavy atom. The molecule has 0 spiro atoms. The third-order valence-electron chi connectivity index (χ3n) is 3.34. The standard InChI is InChI=1S/C11H21N3O3S2.ClH/c1-19(16,17)13-9-2-4-14(7-9)11(15)6-10-8-18-5-3-12-10;/h9-10,12-13H,2-8H2,1H3;1H. The Morgan fingerprint density at radius 3 is 2.85 bits per heavy atom. The average Bonchev–Trinajstić information content (AvgIpc) is 2.76. The Labute approximate surface area is 130 Å². The van der Waals surface area contributed by atoms with Crippen molar-refractivity contribution in [1.82, 2.24) is 14.9 Å². The van der Waals surface area contributed by atoms with E-state index in [1.54, 1.807) is 4.90 Å². The Hall–Kier alpha value is -0.0200. The fourth-order valence-corrected chi connectivity index (χ4v) is 4.22. The van der Waals surface area contributed by atoms with Gasteiger partial charge in [0, 0.05) is 49.6 Å². The van der Waals surface area contributed by atoms with Gasteiger partial charge < -0.3 is 10.2 Å². The van der Waals surface area contributed by atoms with Gasteiger partial charge in [-0.25, -0.2) is 13.1 Å². The number of rotatable bonds is 4. The van der Waals surface area contributed by atoms with Gasteiger partial charge in [-0.05, 0) is 6.42 Å². The molecule has 0 bridgehead atoms. The Balaban J connectivity index is 0.00000200. The van der Waals surface area contributed by atoms with Crippen LogP contribution in [0.25, 0.3) is 0 Å². The van der Waals surface area contributed by atoms with E-state index < -0.39 is 10.0 Å². The molecule has 2 heterocycles. The number of amides is 1. The fraction of sp³-hybridized carbons (Fsp3) is 0.909. The largest absolute Gasteiger partial charge is 0.341 e. The lowest BCUT2D eigenvalue weighted by Gasteiger charge is -2.25. The number of likely N-dealkylation sites (tertiary alicyclic amines) is 1. The van der Waals surface area contributed by atoms with Crippen LogP contribution in [-0.4, -0.2) is 68.7 Å². The lowest BCUT2D eigenvalue weighted by molar-refractivity contribution is -0.130. The van der Waals surface area contributed by atoms with Gasteiger partial charge in [-0.2, -0.15) is 11.8 Å². The lowest BCUT2D eigenvalue weighted by Crippen LogP contribution is -2.43. The van der Waals surface area contributed by atoms with E-state index in [0.29, 0.717) is 25.9 Å². The molecular weight excluding hydrogens is 322 g/mol. The Bertz CT molecular complexity index is 427. The molecule has 2 N–H and O–H groups in total. The van der Waals surface area contributed by atoms with Crippen LogP contribution in [0.1, 0.15) is 12.8 Å². The summed E-state index contributed by atoms with van der Waals surface area (Å²) in [6, 6.07) is 0.126. The smallest absolute Gasteiger partial charge is 0.224 e. The first kappa shape index (κ1) is 18.0. The number of sulfonamides is 1. The molecule has 2 fully saturated rings. The lowest BCUT2D eigenvalue weighted by atomic mass is 10.2. The molecule has 0 radical (unpaired) electrons. The minimum absolute atomic E-state index is 0. The Kier molecular flexibility index (Phi) is 7.07. The van der Waals surface area contributed by atoms with E-state index in [0.717, 1.165) is 24.3 Å². The van der Waals surface area contributed by atoms with Crippen LogP contribution >= 0.6 is 24.2 Å². The van der Waals surface area contributed by atoms with Crippen LogP contribution in [0, 0.1) is 0 Å². The molecule has 118 valence electrons. The molecule has 0 saturated carbocycles. The summed E-state index contributed by atoms with van der Waals surface area (Å²) in [5, 5.41) is 3.34. The highest BCUT2D eigenvalue weighted by Crippen LogP contribution is 2.15. The monoisotopic (exact) mass is 343 g/mol. The van der Waals surface area contributed by atoms with Crippen LogP contribution in [0.15, 0.2) is 0 Å². The van der Waals surface area contributed by atoms with Gasteiger partial charge in [0.15, 0.2) is 0 Å². The van der Waals surface area contributed by atoms with Crippen molar-refractivity contribution < 1.29 is 13.2 Å². The van der Waals surface area contributed by atoms with E-state index >= 15 is 0 Å². The summed E-state index contributed by atoms with van der Waals surface area (Å²) in [4.78, 5) is 13.9. The van der Waals surface area contributed by atoms with Crippen molar-refractivity contribution in [1.29, 1.82) is 0 Å². The van der Waals surface area contributed by atoms with Crippen LogP contribution in [0.3, 0.4) is 0 Å². The molecule has 9 heteroatoms. The fourth-order valence-electron chi connectivity index (χ4n) is 2.48. The summed E-state index contributed by atoms with van der Waals surface area (Å²) in [5.74, 6) is 2.21. The first-order chi connectivity index (χ1) is 8.94. The second kappa shape index (κ2) is 7.84. The number of halogens is 1. The zero-order valence-electron chi connectivity index (χ0n) is 11.5. The van der Waals surface area contributed by atoms with Crippen molar-refractivity contribution in [2.75, 3.05) is 37.4 Å². The minimum atomic E-state index is -3.19. The molecule has 0 aromatic carbocycles. The van der Waals surface area contributed by atoms with Gasteiger partial charge in [0.25, 0.3) is 0 Å². The molecule has 1 amide bonds. The van der Waals surface area contributed by atoms with E-state index in [4.69, 9.17) is 0 Å². The molecule has 2 atom stereocenters. The highest BCUT2D eigenvalue weighted by atomic mass is 35.5. The molecule has 2 aliphatic heterocycles. The second-order valence-electron chi connectivity index (χ2n) is 5.15. The number of nitrogens with zero attached hydrogens (tertiary/aromatic N) is 1. The van der Waals surface area contributed by atoms with Crippen molar-refractivity contribution in [3.8, 4) is 0 Å². The molecule has 2 aliphatic rings. The molecule has 0 aromatic heterocycles. The summed E-state index contributed by atoms with van der Waals surface area (Å²) in [7, 11) is -3.19. The van der Waals surface area contributed by atoms with Gasteiger partial charge >= 0.3 is 0 Å². The number of carbonyl (C=O) groups excluding carboxylic acids is 1. The van der Waals surface area contributed by atoms with E-state index in [2.05, 4.69) is 10.0 Å². The maximum Gasteiger partial charge on any atom is 0.224 e. The van der Waals surface area contributed by atoms with Gasteiger partial charge in [-0.15, -0.1) is 12.4 Å². The highest BCUT2D eigenvalue weighted by molar-refractivity contribution is 7.99. The predicted octanol–water partition coefficient (Wildman–Crippen LogP) is -0.347. The van der Waals surface area contributed by atoms with Gasteiger partial charge in [0.2, 0.25) is 15.9 Å². The summed E-state index contributed by atoms with van der Waals surface area (Å²) in [6.07, 6.45) is 2.37. The minimum Gasteiger partial charge on any atom is -0.341 e. The number of hydrogen-bond donors (Lipinski definition) is 2. The molecule has 2 unspecified atom stereocenters. The van der Waals surface area contributed by atoms with E-state index in [9.17, 15) is 13.2 Å². The predicted molar refractivity (Wildman–Crippen MR) is 83.9 cm³/mol. The third-order valence-corrected chi connectivity index (χ3v) is 5.23. The molecule has 20 heavy (non-hydrogen) atoms. The SMILES string of the molecule is CS(=O)(=O)NC1CCN(C(=O)CC2CSCCN2)C1.Cl. The summed E-state index contributed by atoms with van der Waals surface area (Å²) >= 11 is 1.87. The molecular formula is C11H22ClN3O3S2. The van der Waals surface area contributed by atoms with Gasteiger partial charge in [-0.1, -0.05) is 0 Å². The van der Waals surface area contributed by atoms with Crippen molar-refractivity contribution in [3.63, 3.8) is 0 Å². The topological polar surface area (TPSA) is 78.5 Å². The zero-order valence-corrected chi connectivity index (χ0v) is 14.0. The van der Waals surface area contributed by atoms with Crippen molar-refractivity contribution >= 4 is 40.1 Å². The van der Waals surface area contributed by atoms with Crippen LogP contribution < -0.4 is 10.0 Å². The first-order valence-corrected chi connectivity index (χ1v) is 9.55. The quantitative estimate of drug-likeness (QED) is 0.729. The maximum absolute atomic E-state index is 12.1. The van der Waals surface area contributed by atoms with Crippen molar-refractivity contribution in [2.24, 2.45) is 0 Å². The first-order valence-electron chi connectivity index (χ1n) is 6.50. The van der Waals surface area contributed by atoms with Crippen LogP contribution in [0.4, 0.5) is 0 Å². The van der Waals surface area contributed by atoms with Crippen molar-refractivity contribution in [3.05, 3.63) is 0 Å². The maximum atomic E-state index is 12.1. The number of thioether (sulfide) groups is 1. The zero-order chi connectivity index (χ0) is 13.9. The Morgan fingerprint density at radius 2 is 2.25 bits per heavy atom. The molecule has 2 rings (SSSR count). The summed E-state index contributed by atoms with van der Waals surface area (Å²) in [6.45, 7) is 2.10. The highest BCUT2D eigenvalue weighted by Gasteiger charge is 2.29. The van der Waals surface area contributed by atoms with Crippen LogP contribution in [-0.2, 0) is 14.8 Å². The number of hydrogen-bond acceptors (Lipinski definition) is 5.